The summed E-state index contributed by atoms with van der Waals surface area (Å²) in [7, 11) is 0. The van der Waals surface area contributed by atoms with E-state index in [9.17, 15) is 4.79 Å². The van der Waals surface area contributed by atoms with E-state index in [4.69, 9.17) is 11.6 Å². The summed E-state index contributed by atoms with van der Waals surface area (Å²) in [6, 6.07) is 9.42. The van der Waals surface area contributed by atoms with Gasteiger partial charge in [0.05, 0.1) is 11.3 Å². The van der Waals surface area contributed by atoms with Crippen molar-refractivity contribution in [2.45, 2.75) is 32.9 Å². The van der Waals surface area contributed by atoms with Gasteiger partial charge in [-0.15, -0.1) is 0 Å². The van der Waals surface area contributed by atoms with E-state index in [1.165, 1.54) is 0 Å². The maximum atomic E-state index is 12.1. The topological polar surface area (TPSA) is 54.0 Å². The van der Waals surface area contributed by atoms with Gasteiger partial charge in [-0.1, -0.05) is 29.8 Å². The fraction of sp³-hybridized carbons (Fsp3) is 0.294. The molecule has 0 unspecified atom stereocenters. The van der Waals surface area contributed by atoms with Crippen molar-refractivity contribution >= 4 is 23.2 Å². The second kappa shape index (κ2) is 6.79. The summed E-state index contributed by atoms with van der Waals surface area (Å²) >= 11 is 6.13. The highest BCUT2D eigenvalue weighted by molar-refractivity contribution is 6.31. The number of nitrogens with one attached hydrogen (secondary N) is 2. The number of halogens is 1. The Balaban J connectivity index is 2.06. The molecular formula is C17H20ClN3O. The zero-order valence-corrected chi connectivity index (χ0v) is 13.7. The fourth-order valence-electron chi connectivity index (χ4n) is 1.91. The number of carbonyl (C=O) groups is 1. The van der Waals surface area contributed by atoms with E-state index in [1.54, 1.807) is 18.5 Å². The van der Waals surface area contributed by atoms with Crippen LogP contribution in [0.4, 0.5) is 5.69 Å². The minimum absolute atomic E-state index is 0.138. The summed E-state index contributed by atoms with van der Waals surface area (Å²) in [5.74, 6) is -0.138. The Hall–Kier alpha value is -2.07. The van der Waals surface area contributed by atoms with Crippen molar-refractivity contribution in [3.05, 3.63) is 58.9 Å². The van der Waals surface area contributed by atoms with Gasteiger partial charge in [0.1, 0.15) is 0 Å². The molecule has 4 nitrogen and oxygen atoms in total. The molecule has 0 aliphatic rings. The minimum atomic E-state index is -0.280. The van der Waals surface area contributed by atoms with Crippen molar-refractivity contribution < 1.29 is 4.79 Å². The smallest absolute Gasteiger partial charge is 0.253 e. The fourth-order valence-corrected chi connectivity index (χ4v) is 2.12. The highest BCUT2D eigenvalue weighted by Gasteiger charge is 2.15. The standard InChI is InChI=1S/C17H20ClN3O/c1-17(2,3)21-16(22)13-8-14(11-19-9-13)20-10-12-6-4-5-7-15(12)18/h4-9,11,20H,10H2,1-3H3,(H,21,22). The van der Waals surface area contributed by atoms with Crippen LogP contribution in [0.5, 0.6) is 0 Å². The Morgan fingerprint density at radius 2 is 1.95 bits per heavy atom. The highest BCUT2D eigenvalue weighted by atomic mass is 35.5. The molecule has 1 aromatic carbocycles. The molecule has 0 atom stereocenters. The van der Waals surface area contributed by atoms with Gasteiger partial charge in [-0.3, -0.25) is 9.78 Å². The molecule has 0 spiro atoms. The molecule has 116 valence electrons. The van der Waals surface area contributed by atoms with Crippen LogP contribution < -0.4 is 10.6 Å². The van der Waals surface area contributed by atoms with Crippen molar-refractivity contribution in [1.29, 1.82) is 0 Å². The van der Waals surface area contributed by atoms with Crippen molar-refractivity contribution in [3.8, 4) is 0 Å². The number of aromatic nitrogens is 1. The van der Waals surface area contributed by atoms with Gasteiger partial charge in [-0.25, -0.2) is 0 Å². The Kier molecular flexibility index (Phi) is 5.03. The number of rotatable bonds is 4. The molecule has 1 heterocycles. The average Bonchev–Trinajstić information content (AvgIpc) is 2.45. The van der Waals surface area contributed by atoms with Crippen molar-refractivity contribution in [1.82, 2.24) is 10.3 Å². The summed E-state index contributed by atoms with van der Waals surface area (Å²) in [5, 5.41) is 6.86. The summed E-state index contributed by atoms with van der Waals surface area (Å²) in [6.45, 7) is 6.40. The van der Waals surface area contributed by atoms with Crippen LogP contribution in [0.3, 0.4) is 0 Å². The first kappa shape index (κ1) is 16.3. The molecule has 0 radical (unpaired) electrons. The van der Waals surface area contributed by atoms with E-state index in [-0.39, 0.29) is 11.4 Å². The van der Waals surface area contributed by atoms with E-state index in [0.29, 0.717) is 17.1 Å². The lowest BCUT2D eigenvalue weighted by Crippen LogP contribution is -2.40. The van der Waals surface area contributed by atoms with Gasteiger partial charge in [-0.05, 0) is 38.5 Å². The average molecular weight is 318 g/mol. The lowest BCUT2D eigenvalue weighted by molar-refractivity contribution is 0.0919. The van der Waals surface area contributed by atoms with Gasteiger partial charge in [0.2, 0.25) is 0 Å². The molecule has 0 saturated heterocycles. The van der Waals surface area contributed by atoms with Gasteiger partial charge >= 0.3 is 0 Å². The van der Waals surface area contributed by atoms with Crippen LogP contribution in [-0.4, -0.2) is 16.4 Å². The lowest BCUT2D eigenvalue weighted by atomic mass is 10.1. The molecule has 22 heavy (non-hydrogen) atoms. The Bertz CT molecular complexity index is 665. The van der Waals surface area contributed by atoms with Crippen LogP contribution in [-0.2, 0) is 6.54 Å². The number of pyridine rings is 1. The second-order valence-corrected chi connectivity index (χ2v) is 6.52. The second-order valence-electron chi connectivity index (χ2n) is 6.11. The number of nitrogens with zero attached hydrogens (tertiary/aromatic N) is 1. The largest absolute Gasteiger partial charge is 0.380 e. The normalized spacial score (nSPS) is 11.1. The summed E-state index contributed by atoms with van der Waals surface area (Å²) in [4.78, 5) is 16.3. The molecule has 0 fully saturated rings. The summed E-state index contributed by atoms with van der Waals surface area (Å²) < 4.78 is 0. The third-order valence-corrected chi connectivity index (χ3v) is 3.30. The van der Waals surface area contributed by atoms with Gasteiger partial charge in [0.25, 0.3) is 5.91 Å². The Morgan fingerprint density at radius 3 is 2.64 bits per heavy atom. The molecule has 2 rings (SSSR count). The SMILES string of the molecule is CC(C)(C)NC(=O)c1cncc(NCc2ccccc2Cl)c1. The van der Waals surface area contributed by atoms with E-state index >= 15 is 0 Å². The third kappa shape index (κ3) is 4.74. The van der Waals surface area contributed by atoms with Gasteiger partial charge in [0, 0.05) is 29.5 Å². The van der Waals surface area contributed by atoms with Crippen LogP contribution in [0.25, 0.3) is 0 Å². The van der Waals surface area contributed by atoms with Crippen LogP contribution in [0.1, 0.15) is 36.7 Å². The number of hydrogen-bond donors (Lipinski definition) is 2. The molecule has 0 aliphatic heterocycles. The summed E-state index contributed by atoms with van der Waals surface area (Å²) in [6.07, 6.45) is 3.24. The molecule has 2 aromatic rings. The maximum Gasteiger partial charge on any atom is 0.253 e. The van der Waals surface area contributed by atoms with E-state index in [0.717, 1.165) is 11.3 Å². The Labute approximate surface area is 135 Å². The van der Waals surface area contributed by atoms with Crippen molar-refractivity contribution in [3.63, 3.8) is 0 Å². The molecule has 0 aliphatic carbocycles. The van der Waals surface area contributed by atoms with Gasteiger partial charge in [-0.2, -0.15) is 0 Å². The van der Waals surface area contributed by atoms with Gasteiger partial charge < -0.3 is 10.6 Å². The molecule has 5 heteroatoms. The third-order valence-electron chi connectivity index (χ3n) is 2.93. The first-order valence-corrected chi connectivity index (χ1v) is 7.48. The minimum Gasteiger partial charge on any atom is -0.380 e. The number of hydrogen-bond acceptors (Lipinski definition) is 3. The van der Waals surface area contributed by atoms with Crippen LogP contribution >= 0.6 is 11.6 Å². The van der Waals surface area contributed by atoms with Crippen LogP contribution in [0, 0.1) is 0 Å². The first-order chi connectivity index (χ1) is 10.3. The van der Waals surface area contributed by atoms with Crippen LogP contribution in [0.2, 0.25) is 5.02 Å². The van der Waals surface area contributed by atoms with E-state index in [1.807, 2.05) is 45.0 Å². The molecule has 1 amide bonds. The first-order valence-electron chi connectivity index (χ1n) is 7.10. The number of amides is 1. The molecule has 2 N–H and O–H groups in total. The van der Waals surface area contributed by atoms with E-state index < -0.39 is 0 Å². The molecule has 0 saturated carbocycles. The highest BCUT2D eigenvalue weighted by Crippen LogP contribution is 2.17. The molecule has 0 bridgehead atoms. The number of anilines is 1. The summed E-state index contributed by atoms with van der Waals surface area (Å²) in [5.41, 5.74) is 2.02. The van der Waals surface area contributed by atoms with Gasteiger partial charge in [0.15, 0.2) is 0 Å². The number of carbonyl (C=O) groups excluding carboxylic acids is 1. The quantitative estimate of drug-likeness (QED) is 0.900. The molecular weight excluding hydrogens is 298 g/mol. The maximum absolute atomic E-state index is 12.1. The Morgan fingerprint density at radius 1 is 1.23 bits per heavy atom. The monoisotopic (exact) mass is 317 g/mol. The van der Waals surface area contributed by atoms with Crippen molar-refractivity contribution in [2.24, 2.45) is 0 Å². The van der Waals surface area contributed by atoms with Crippen molar-refractivity contribution in [2.75, 3.05) is 5.32 Å². The lowest BCUT2D eigenvalue weighted by Gasteiger charge is -2.20. The zero-order chi connectivity index (χ0) is 16.2. The zero-order valence-electron chi connectivity index (χ0n) is 13.0. The molecule has 1 aromatic heterocycles. The van der Waals surface area contributed by atoms with Crippen LogP contribution in [0.15, 0.2) is 42.7 Å². The van der Waals surface area contributed by atoms with E-state index in [2.05, 4.69) is 15.6 Å². The number of benzene rings is 1. The predicted molar refractivity (Wildman–Crippen MR) is 90.2 cm³/mol. The predicted octanol–water partition coefficient (Wildman–Crippen LogP) is 3.88.